The standard InChI is InChI=1S/C23H25F2N3O/c1-27-9-4-8-23(15-27)14-21(26-29-23)28-10-7-16-5-2-3-6-20(16)22(28)17-11-18(24)13-19(25)12-17/h2-3,5-6,11-13,22H,4,7-10,14-15H2,1H3/t22-,23+/m0/s1. The summed E-state index contributed by atoms with van der Waals surface area (Å²) >= 11 is 0. The average Bonchev–Trinajstić information content (AvgIpc) is 3.09. The van der Waals surface area contributed by atoms with E-state index in [0.29, 0.717) is 5.56 Å². The molecule has 152 valence electrons. The summed E-state index contributed by atoms with van der Waals surface area (Å²) in [5, 5.41) is 4.49. The van der Waals surface area contributed by atoms with Crippen LogP contribution in [0.15, 0.2) is 47.6 Å². The van der Waals surface area contributed by atoms with Gasteiger partial charge < -0.3 is 14.6 Å². The lowest BCUT2D eigenvalue weighted by atomic mass is 9.85. The Morgan fingerprint density at radius 1 is 1.10 bits per heavy atom. The van der Waals surface area contributed by atoms with E-state index in [2.05, 4.69) is 34.1 Å². The lowest BCUT2D eigenvalue weighted by Crippen LogP contribution is -2.48. The summed E-state index contributed by atoms with van der Waals surface area (Å²) in [6, 6.07) is 11.7. The predicted molar refractivity (Wildman–Crippen MR) is 108 cm³/mol. The van der Waals surface area contributed by atoms with Crippen LogP contribution in [-0.4, -0.2) is 47.9 Å². The predicted octanol–water partition coefficient (Wildman–Crippen LogP) is 4.11. The number of hydrogen-bond acceptors (Lipinski definition) is 4. The Morgan fingerprint density at radius 3 is 2.69 bits per heavy atom. The first kappa shape index (κ1) is 18.6. The molecule has 3 heterocycles. The second kappa shape index (κ2) is 7.10. The number of rotatable bonds is 1. The monoisotopic (exact) mass is 397 g/mol. The SMILES string of the molecule is CN1CCC[C@@]2(CC(N3CCc4ccccc4[C@@H]3c3cc(F)cc(F)c3)=NO2)C1. The quantitative estimate of drug-likeness (QED) is 0.725. The third-order valence-electron chi connectivity index (χ3n) is 6.37. The zero-order chi connectivity index (χ0) is 20.0. The van der Waals surface area contributed by atoms with Gasteiger partial charge in [0.1, 0.15) is 17.5 Å². The van der Waals surface area contributed by atoms with Crippen molar-refractivity contribution in [2.24, 2.45) is 5.16 Å². The number of fused-ring (bicyclic) bond motifs is 1. The fraction of sp³-hybridized carbons (Fsp3) is 0.435. The van der Waals surface area contributed by atoms with Gasteiger partial charge >= 0.3 is 0 Å². The smallest absolute Gasteiger partial charge is 0.157 e. The fourth-order valence-electron chi connectivity index (χ4n) is 5.13. The van der Waals surface area contributed by atoms with E-state index in [9.17, 15) is 8.78 Å². The number of oxime groups is 1. The topological polar surface area (TPSA) is 28.1 Å². The summed E-state index contributed by atoms with van der Waals surface area (Å²) in [5.74, 6) is -0.236. The molecule has 0 radical (unpaired) electrons. The third-order valence-corrected chi connectivity index (χ3v) is 6.37. The zero-order valence-corrected chi connectivity index (χ0v) is 16.6. The van der Waals surface area contributed by atoms with Gasteiger partial charge in [-0.25, -0.2) is 8.78 Å². The zero-order valence-electron chi connectivity index (χ0n) is 16.6. The molecule has 1 spiro atoms. The molecule has 1 saturated heterocycles. The van der Waals surface area contributed by atoms with Crippen molar-refractivity contribution in [2.45, 2.75) is 37.3 Å². The summed E-state index contributed by atoms with van der Waals surface area (Å²) in [4.78, 5) is 10.5. The molecule has 3 aliphatic rings. The van der Waals surface area contributed by atoms with Crippen molar-refractivity contribution in [3.63, 3.8) is 0 Å². The van der Waals surface area contributed by atoms with E-state index >= 15 is 0 Å². The van der Waals surface area contributed by atoms with Gasteiger partial charge in [-0.05, 0) is 61.7 Å². The van der Waals surface area contributed by atoms with Crippen LogP contribution in [0.25, 0.3) is 0 Å². The second-order valence-electron chi connectivity index (χ2n) is 8.55. The Labute approximate surface area is 169 Å². The van der Waals surface area contributed by atoms with Crippen LogP contribution < -0.4 is 0 Å². The Bertz CT molecular complexity index is 943. The molecule has 0 N–H and O–H groups in total. The van der Waals surface area contributed by atoms with Crippen LogP contribution in [0.5, 0.6) is 0 Å². The minimum absolute atomic E-state index is 0.274. The molecule has 6 heteroatoms. The largest absolute Gasteiger partial charge is 0.386 e. The highest BCUT2D eigenvalue weighted by Crippen LogP contribution is 2.40. The van der Waals surface area contributed by atoms with Crippen LogP contribution in [0.1, 0.15) is 42.0 Å². The summed E-state index contributed by atoms with van der Waals surface area (Å²) in [7, 11) is 2.11. The van der Waals surface area contributed by atoms with Crippen molar-refractivity contribution in [1.29, 1.82) is 0 Å². The van der Waals surface area contributed by atoms with E-state index < -0.39 is 11.6 Å². The van der Waals surface area contributed by atoms with Crippen molar-refractivity contribution < 1.29 is 13.6 Å². The van der Waals surface area contributed by atoms with Crippen molar-refractivity contribution in [3.8, 4) is 0 Å². The van der Waals surface area contributed by atoms with E-state index in [1.54, 1.807) is 0 Å². The molecule has 2 aromatic rings. The van der Waals surface area contributed by atoms with Gasteiger partial charge in [0.15, 0.2) is 5.60 Å². The first-order valence-corrected chi connectivity index (χ1v) is 10.3. The van der Waals surface area contributed by atoms with E-state index in [0.717, 1.165) is 62.8 Å². The van der Waals surface area contributed by atoms with Crippen LogP contribution in [0.3, 0.4) is 0 Å². The molecular formula is C23H25F2N3O. The highest BCUT2D eigenvalue weighted by atomic mass is 19.1. The summed E-state index contributed by atoms with van der Waals surface area (Å²) in [6.07, 6.45) is 3.67. The van der Waals surface area contributed by atoms with Crippen molar-refractivity contribution in [3.05, 3.63) is 70.8 Å². The number of hydrogen-bond donors (Lipinski definition) is 0. The highest BCUT2D eigenvalue weighted by molar-refractivity contribution is 5.85. The molecule has 0 unspecified atom stereocenters. The Morgan fingerprint density at radius 2 is 1.90 bits per heavy atom. The maximum atomic E-state index is 14.1. The Kier molecular flexibility index (Phi) is 4.54. The van der Waals surface area contributed by atoms with Crippen LogP contribution in [0.2, 0.25) is 0 Å². The van der Waals surface area contributed by atoms with Gasteiger partial charge in [0, 0.05) is 19.2 Å². The fourth-order valence-corrected chi connectivity index (χ4v) is 5.13. The maximum absolute atomic E-state index is 14.1. The van der Waals surface area contributed by atoms with Gasteiger partial charge in [-0.3, -0.25) is 0 Å². The molecule has 0 aliphatic carbocycles. The second-order valence-corrected chi connectivity index (χ2v) is 8.55. The first-order chi connectivity index (χ1) is 14.0. The average molecular weight is 397 g/mol. The number of amidine groups is 1. The summed E-state index contributed by atoms with van der Waals surface area (Å²) in [6.45, 7) is 2.67. The molecule has 3 aliphatic heterocycles. The maximum Gasteiger partial charge on any atom is 0.157 e. The molecule has 0 saturated carbocycles. The van der Waals surface area contributed by atoms with E-state index in [1.165, 1.54) is 17.7 Å². The normalized spacial score (nSPS) is 26.9. The Balaban J connectivity index is 1.52. The van der Waals surface area contributed by atoms with Gasteiger partial charge in [0.25, 0.3) is 0 Å². The van der Waals surface area contributed by atoms with Crippen LogP contribution in [0, 0.1) is 11.6 Å². The molecule has 2 aromatic carbocycles. The minimum Gasteiger partial charge on any atom is -0.386 e. The molecule has 0 aromatic heterocycles. The van der Waals surface area contributed by atoms with Gasteiger partial charge in [-0.1, -0.05) is 29.4 Å². The molecule has 29 heavy (non-hydrogen) atoms. The van der Waals surface area contributed by atoms with Gasteiger partial charge in [-0.2, -0.15) is 0 Å². The third kappa shape index (κ3) is 3.39. The number of nitrogens with zero attached hydrogens (tertiary/aromatic N) is 3. The number of piperidine rings is 1. The molecule has 0 bridgehead atoms. The van der Waals surface area contributed by atoms with Gasteiger partial charge in [0.2, 0.25) is 0 Å². The van der Waals surface area contributed by atoms with E-state index in [-0.39, 0.29) is 11.6 Å². The lowest BCUT2D eigenvalue weighted by Gasteiger charge is -2.40. The highest BCUT2D eigenvalue weighted by Gasteiger charge is 2.45. The summed E-state index contributed by atoms with van der Waals surface area (Å²) < 4.78 is 28.1. The number of likely N-dealkylation sites (tertiary alicyclic amines) is 1. The van der Waals surface area contributed by atoms with Crippen molar-refractivity contribution in [1.82, 2.24) is 9.80 Å². The molecule has 0 amide bonds. The molecular weight excluding hydrogens is 372 g/mol. The molecule has 1 fully saturated rings. The van der Waals surface area contributed by atoms with Crippen molar-refractivity contribution >= 4 is 5.84 Å². The lowest BCUT2D eigenvalue weighted by molar-refractivity contribution is -0.0631. The van der Waals surface area contributed by atoms with E-state index in [4.69, 9.17) is 4.84 Å². The number of likely N-dealkylation sites (N-methyl/N-ethyl adjacent to an activating group) is 1. The van der Waals surface area contributed by atoms with Crippen LogP contribution in [0.4, 0.5) is 8.78 Å². The van der Waals surface area contributed by atoms with E-state index in [1.807, 2.05) is 12.1 Å². The van der Waals surface area contributed by atoms with Crippen molar-refractivity contribution in [2.75, 3.05) is 26.7 Å². The molecule has 4 nitrogen and oxygen atoms in total. The van der Waals surface area contributed by atoms with Gasteiger partial charge in [0.05, 0.1) is 12.5 Å². The minimum atomic E-state index is -0.557. The number of halogens is 2. The van der Waals surface area contributed by atoms with Crippen LogP contribution in [-0.2, 0) is 11.3 Å². The Hall–Kier alpha value is -2.47. The molecule has 2 atom stereocenters. The summed E-state index contributed by atoms with van der Waals surface area (Å²) in [5.41, 5.74) is 2.62. The number of benzene rings is 2. The molecule has 5 rings (SSSR count). The van der Waals surface area contributed by atoms with Crippen LogP contribution >= 0.6 is 0 Å². The van der Waals surface area contributed by atoms with Gasteiger partial charge in [-0.15, -0.1) is 0 Å². The first-order valence-electron chi connectivity index (χ1n) is 10.3.